The molecule has 3 heterocycles. The molecule has 0 bridgehead atoms. The van der Waals surface area contributed by atoms with Crippen LogP contribution >= 0.6 is 0 Å². The van der Waals surface area contributed by atoms with Crippen molar-refractivity contribution >= 4 is 17.3 Å². The summed E-state index contributed by atoms with van der Waals surface area (Å²) in [6.45, 7) is 4.91. The van der Waals surface area contributed by atoms with Crippen LogP contribution in [0.1, 0.15) is 45.1 Å². The number of aromatic nitrogens is 3. The average Bonchev–Trinajstić information content (AvgIpc) is 3.08. The van der Waals surface area contributed by atoms with Crippen molar-refractivity contribution < 1.29 is 9.59 Å². The lowest BCUT2D eigenvalue weighted by molar-refractivity contribution is 0.0632. The van der Waals surface area contributed by atoms with Crippen molar-refractivity contribution in [3.63, 3.8) is 0 Å². The lowest BCUT2D eigenvalue weighted by atomic mass is 9.90. The standard InChI is InChI=1S/C21H22N4O2/c1-14-11-19-22-18(12-15(2)25(19)23-14)21(27)24-10-6-9-17(13-24)20(26)16-7-4-3-5-8-16/h3-5,7-8,11-12,17H,6,9-10,13H2,1-2H3/t17-/m0/s1. The lowest BCUT2D eigenvalue weighted by Gasteiger charge is -2.32. The third-order valence-corrected chi connectivity index (χ3v) is 5.08. The van der Waals surface area contributed by atoms with E-state index in [1.54, 1.807) is 15.5 Å². The monoisotopic (exact) mass is 362 g/mol. The number of ketones is 1. The lowest BCUT2D eigenvalue weighted by Crippen LogP contribution is -2.42. The van der Waals surface area contributed by atoms with Gasteiger partial charge in [-0.1, -0.05) is 30.3 Å². The summed E-state index contributed by atoms with van der Waals surface area (Å²) >= 11 is 0. The fourth-order valence-corrected chi connectivity index (χ4v) is 3.72. The van der Waals surface area contributed by atoms with E-state index in [0.717, 1.165) is 24.2 Å². The minimum atomic E-state index is -0.160. The Bertz CT molecular complexity index is 1010. The number of hydrogen-bond acceptors (Lipinski definition) is 4. The molecule has 138 valence electrons. The molecule has 0 radical (unpaired) electrons. The Morgan fingerprint density at radius 2 is 1.89 bits per heavy atom. The summed E-state index contributed by atoms with van der Waals surface area (Å²) in [5, 5.41) is 4.38. The highest BCUT2D eigenvalue weighted by atomic mass is 16.2. The van der Waals surface area contributed by atoms with E-state index in [4.69, 9.17) is 0 Å². The first-order chi connectivity index (χ1) is 13.0. The van der Waals surface area contributed by atoms with E-state index < -0.39 is 0 Å². The van der Waals surface area contributed by atoms with Crippen molar-refractivity contribution in [2.24, 2.45) is 5.92 Å². The molecule has 1 saturated heterocycles. The molecule has 0 saturated carbocycles. The van der Waals surface area contributed by atoms with Crippen molar-refractivity contribution in [1.82, 2.24) is 19.5 Å². The zero-order valence-electron chi connectivity index (χ0n) is 15.6. The summed E-state index contributed by atoms with van der Waals surface area (Å²) in [7, 11) is 0. The Balaban J connectivity index is 1.56. The number of fused-ring (bicyclic) bond motifs is 1. The van der Waals surface area contributed by atoms with Gasteiger partial charge in [0.2, 0.25) is 0 Å². The van der Waals surface area contributed by atoms with Crippen molar-refractivity contribution in [3.05, 3.63) is 65.1 Å². The first-order valence-corrected chi connectivity index (χ1v) is 9.25. The third kappa shape index (κ3) is 3.35. The number of Topliss-reactive ketones (excluding diaryl/α,β-unsaturated/α-hetero) is 1. The van der Waals surface area contributed by atoms with Crippen LogP contribution in [0.3, 0.4) is 0 Å². The molecular formula is C21H22N4O2. The second-order valence-electron chi connectivity index (χ2n) is 7.16. The Hall–Kier alpha value is -3.02. The smallest absolute Gasteiger partial charge is 0.272 e. The zero-order chi connectivity index (χ0) is 19.0. The third-order valence-electron chi connectivity index (χ3n) is 5.08. The van der Waals surface area contributed by atoms with Crippen LogP contribution < -0.4 is 0 Å². The molecule has 0 N–H and O–H groups in total. The predicted octanol–water partition coefficient (Wildman–Crippen LogP) is 3.08. The van der Waals surface area contributed by atoms with Gasteiger partial charge in [-0.3, -0.25) is 9.59 Å². The number of nitrogens with zero attached hydrogens (tertiary/aromatic N) is 4. The van der Waals surface area contributed by atoms with Crippen molar-refractivity contribution in [2.75, 3.05) is 13.1 Å². The molecule has 1 aliphatic rings. The summed E-state index contributed by atoms with van der Waals surface area (Å²) in [6, 6.07) is 12.9. The summed E-state index contributed by atoms with van der Waals surface area (Å²) < 4.78 is 1.74. The average molecular weight is 362 g/mol. The minimum Gasteiger partial charge on any atom is -0.337 e. The van der Waals surface area contributed by atoms with Gasteiger partial charge in [-0.15, -0.1) is 0 Å². The molecule has 1 fully saturated rings. The maximum absolute atomic E-state index is 13.0. The summed E-state index contributed by atoms with van der Waals surface area (Å²) in [5.41, 5.74) is 3.52. The van der Waals surface area contributed by atoms with Crippen LogP contribution in [-0.2, 0) is 0 Å². The van der Waals surface area contributed by atoms with Gasteiger partial charge in [0.1, 0.15) is 5.69 Å². The Labute approximate surface area is 157 Å². The van der Waals surface area contributed by atoms with E-state index in [-0.39, 0.29) is 17.6 Å². The van der Waals surface area contributed by atoms with Crippen LogP contribution in [0.4, 0.5) is 0 Å². The molecule has 1 aromatic carbocycles. The maximum Gasteiger partial charge on any atom is 0.272 e. The van der Waals surface area contributed by atoms with Crippen LogP contribution in [0, 0.1) is 19.8 Å². The molecule has 0 aliphatic carbocycles. The molecule has 6 nitrogen and oxygen atoms in total. The van der Waals surface area contributed by atoms with Crippen LogP contribution in [0.2, 0.25) is 0 Å². The van der Waals surface area contributed by atoms with Gasteiger partial charge in [-0.2, -0.15) is 5.10 Å². The first-order valence-electron chi connectivity index (χ1n) is 9.25. The van der Waals surface area contributed by atoms with Gasteiger partial charge in [0.05, 0.1) is 5.69 Å². The summed E-state index contributed by atoms with van der Waals surface area (Å²) in [6.07, 6.45) is 1.63. The van der Waals surface area contributed by atoms with Crippen LogP contribution in [0.25, 0.3) is 5.65 Å². The van der Waals surface area contributed by atoms with Crippen molar-refractivity contribution in [2.45, 2.75) is 26.7 Å². The summed E-state index contributed by atoms with van der Waals surface area (Å²) in [5.74, 6) is -0.170. The number of likely N-dealkylation sites (tertiary alicyclic amines) is 1. The molecule has 27 heavy (non-hydrogen) atoms. The second kappa shape index (κ2) is 6.95. The Kier molecular flexibility index (Phi) is 4.48. The molecule has 1 aliphatic heterocycles. The number of carbonyl (C=O) groups is 2. The highest BCUT2D eigenvalue weighted by Crippen LogP contribution is 2.22. The van der Waals surface area contributed by atoms with Gasteiger partial charge in [0.15, 0.2) is 11.4 Å². The fourth-order valence-electron chi connectivity index (χ4n) is 3.72. The van der Waals surface area contributed by atoms with E-state index in [1.807, 2.05) is 50.2 Å². The molecule has 2 aromatic heterocycles. The number of piperidine rings is 1. The van der Waals surface area contributed by atoms with Crippen LogP contribution in [0.5, 0.6) is 0 Å². The van der Waals surface area contributed by atoms with E-state index in [0.29, 0.717) is 30.0 Å². The van der Waals surface area contributed by atoms with Crippen molar-refractivity contribution in [3.8, 4) is 0 Å². The van der Waals surface area contributed by atoms with Gasteiger partial charge in [-0.05, 0) is 32.8 Å². The SMILES string of the molecule is Cc1cc2nc(C(=O)N3CCC[C@H](C(=O)c4ccccc4)C3)cc(C)n2n1. The number of amides is 1. The van der Waals surface area contributed by atoms with Gasteiger partial charge in [0.25, 0.3) is 5.91 Å². The fraction of sp³-hybridized carbons (Fsp3) is 0.333. The van der Waals surface area contributed by atoms with E-state index >= 15 is 0 Å². The zero-order valence-corrected chi connectivity index (χ0v) is 15.6. The maximum atomic E-state index is 13.0. The number of benzene rings is 1. The molecule has 3 aromatic rings. The van der Waals surface area contributed by atoms with Gasteiger partial charge in [0, 0.05) is 36.3 Å². The number of hydrogen-bond donors (Lipinski definition) is 0. The van der Waals surface area contributed by atoms with E-state index in [1.165, 1.54) is 0 Å². The largest absolute Gasteiger partial charge is 0.337 e. The molecule has 0 spiro atoms. The normalized spacial score (nSPS) is 17.3. The Morgan fingerprint density at radius 3 is 2.67 bits per heavy atom. The number of aryl methyl sites for hydroxylation is 2. The number of rotatable bonds is 3. The molecule has 4 rings (SSSR count). The highest BCUT2D eigenvalue weighted by Gasteiger charge is 2.30. The topological polar surface area (TPSA) is 67.6 Å². The molecule has 1 amide bonds. The van der Waals surface area contributed by atoms with E-state index in [2.05, 4.69) is 10.1 Å². The predicted molar refractivity (Wildman–Crippen MR) is 102 cm³/mol. The molecule has 6 heteroatoms. The molecule has 1 atom stereocenters. The Morgan fingerprint density at radius 1 is 1.11 bits per heavy atom. The summed E-state index contributed by atoms with van der Waals surface area (Å²) in [4.78, 5) is 32.0. The van der Waals surface area contributed by atoms with Crippen LogP contribution in [-0.4, -0.2) is 44.3 Å². The van der Waals surface area contributed by atoms with Gasteiger partial charge < -0.3 is 4.90 Å². The van der Waals surface area contributed by atoms with Crippen molar-refractivity contribution in [1.29, 1.82) is 0 Å². The minimum absolute atomic E-state index is 0.110. The highest BCUT2D eigenvalue weighted by molar-refractivity contribution is 5.99. The second-order valence-corrected chi connectivity index (χ2v) is 7.16. The number of carbonyl (C=O) groups excluding carboxylic acids is 2. The van der Waals surface area contributed by atoms with Gasteiger partial charge >= 0.3 is 0 Å². The van der Waals surface area contributed by atoms with E-state index in [9.17, 15) is 9.59 Å². The quantitative estimate of drug-likeness (QED) is 0.672. The van der Waals surface area contributed by atoms with Crippen LogP contribution in [0.15, 0.2) is 42.5 Å². The van der Waals surface area contributed by atoms with Gasteiger partial charge in [-0.25, -0.2) is 9.50 Å². The first kappa shape index (κ1) is 17.4. The molecular weight excluding hydrogens is 340 g/mol. The molecule has 0 unspecified atom stereocenters.